The SMILES string of the molecule is COC(=O)c1ccc(OCCCC2CCN(c3ccc(C)nn3)CC2)cc1. The molecule has 0 radical (unpaired) electrons. The highest BCUT2D eigenvalue weighted by molar-refractivity contribution is 5.89. The Labute approximate surface area is 160 Å². The molecular weight excluding hydrogens is 342 g/mol. The largest absolute Gasteiger partial charge is 0.494 e. The lowest BCUT2D eigenvalue weighted by Gasteiger charge is -2.32. The number of aromatic nitrogens is 2. The molecule has 2 aromatic rings. The third-order valence-electron chi connectivity index (χ3n) is 5.02. The quantitative estimate of drug-likeness (QED) is 0.548. The molecule has 0 unspecified atom stereocenters. The van der Waals surface area contributed by atoms with Crippen LogP contribution in [-0.4, -0.2) is 43.0 Å². The Morgan fingerprint density at radius 1 is 1.11 bits per heavy atom. The van der Waals surface area contributed by atoms with Crippen molar-refractivity contribution in [3.8, 4) is 5.75 Å². The number of piperidine rings is 1. The van der Waals surface area contributed by atoms with E-state index in [-0.39, 0.29) is 5.97 Å². The van der Waals surface area contributed by atoms with Crippen molar-refractivity contribution in [2.24, 2.45) is 5.92 Å². The molecule has 27 heavy (non-hydrogen) atoms. The minimum atomic E-state index is -0.329. The Balaban J connectivity index is 1.34. The van der Waals surface area contributed by atoms with Crippen LogP contribution in [0.2, 0.25) is 0 Å². The summed E-state index contributed by atoms with van der Waals surface area (Å²) in [6.07, 6.45) is 4.58. The van der Waals surface area contributed by atoms with E-state index >= 15 is 0 Å². The molecule has 3 rings (SSSR count). The van der Waals surface area contributed by atoms with Crippen LogP contribution in [0.15, 0.2) is 36.4 Å². The van der Waals surface area contributed by atoms with Crippen molar-refractivity contribution in [1.82, 2.24) is 10.2 Å². The van der Waals surface area contributed by atoms with Crippen LogP contribution >= 0.6 is 0 Å². The lowest BCUT2D eigenvalue weighted by atomic mass is 9.92. The number of anilines is 1. The van der Waals surface area contributed by atoms with Crippen molar-refractivity contribution < 1.29 is 14.3 Å². The standard InChI is InChI=1S/C21H27N3O3/c1-16-5-10-20(23-22-16)24-13-11-17(12-14-24)4-3-15-27-19-8-6-18(7-9-19)21(25)26-2/h5-10,17H,3-4,11-15H2,1-2H3. The Bertz CT molecular complexity index is 723. The van der Waals surface area contributed by atoms with Crippen LogP contribution in [0.25, 0.3) is 0 Å². The maximum Gasteiger partial charge on any atom is 0.337 e. The topological polar surface area (TPSA) is 64.6 Å². The summed E-state index contributed by atoms with van der Waals surface area (Å²) in [6, 6.07) is 11.2. The van der Waals surface area contributed by atoms with E-state index in [9.17, 15) is 4.79 Å². The maximum absolute atomic E-state index is 11.4. The first kappa shape index (κ1) is 19.1. The predicted molar refractivity (Wildman–Crippen MR) is 104 cm³/mol. The first-order chi connectivity index (χ1) is 13.2. The lowest BCUT2D eigenvalue weighted by Crippen LogP contribution is -2.34. The van der Waals surface area contributed by atoms with Gasteiger partial charge < -0.3 is 14.4 Å². The third kappa shape index (κ3) is 5.42. The fourth-order valence-electron chi connectivity index (χ4n) is 3.38. The van der Waals surface area contributed by atoms with E-state index in [1.807, 2.05) is 25.1 Å². The van der Waals surface area contributed by atoms with E-state index in [0.717, 1.165) is 42.7 Å². The number of hydrogen-bond acceptors (Lipinski definition) is 6. The van der Waals surface area contributed by atoms with Crippen LogP contribution < -0.4 is 9.64 Å². The van der Waals surface area contributed by atoms with Gasteiger partial charge in [-0.1, -0.05) is 0 Å². The molecule has 6 heteroatoms. The van der Waals surface area contributed by atoms with E-state index in [1.165, 1.54) is 26.4 Å². The summed E-state index contributed by atoms with van der Waals surface area (Å²) in [6.45, 7) is 4.73. The molecule has 0 aliphatic carbocycles. The summed E-state index contributed by atoms with van der Waals surface area (Å²) in [5.74, 6) is 2.18. The van der Waals surface area contributed by atoms with Gasteiger partial charge in [-0.15, -0.1) is 5.10 Å². The normalized spacial score (nSPS) is 14.8. The first-order valence-electron chi connectivity index (χ1n) is 9.52. The predicted octanol–water partition coefficient (Wildman–Crippen LogP) is 3.65. The zero-order valence-electron chi connectivity index (χ0n) is 16.1. The smallest absolute Gasteiger partial charge is 0.337 e. The highest BCUT2D eigenvalue weighted by atomic mass is 16.5. The molecule has 1 saturated heterocycles. The molecular formula is C21H27N3O3. The Morgan fingerprint density at radius 2 is 1.85 bits per heavy atom. The molecule has 144 valence electrons. The molecule has 1 aliphatic rings. The molecule has 0 spiro atoms. The van der Waals surface area contributed by atoms with E-state index in [2.05, 4.69) is 21.2 Å². The summed E-state index contributed by atoms with van der Waals surface area (Å²) in [4.78, 5) is 13.7. The summed E-state index contributed by atoms with van der Waals surface area (Å²) < 4.78 is 10.5. The monoisotopic (exact) mass is 369 g/mol. The minimum absolute atomic E-state index is 0.329. The number of carbonyl (C=O) groups is 1. The summed E-state index contributed by atoms with van der Waals surface area (Å²) in [5, 5.41) is 8.43. The average molecular weight is 369 g/mol. The van der Waals surface area contributed by atoms with E-state index in [0.29, 0.717) is 12.2 Å². The maximum atomic E-state index is 11.4. The summed E-state index contributed by atoms with van der Waals surface area (Å²) in [5.41, 5.74) is 1.49. The zero-order valence-corrected chi connectivity index (χ0v) is 16.1. The number of esters is 1. The number of aryl methyl sites for hydroxylation is 1. The molecule has 1 aromatic heterocycles. The molecule has 1 fully saturated rings. The molecule has 0 bridgehead atoms. The lowest BCUT2D eigenvalue weighted by molar-refractivity contribution is 0.0600. The van der Waals surface area contributed by atoms with Crippen molar-refractivity contribution >= 4 is 11.8 Å². The van der Waals surface area contributed by atoms with Gasteiger partial charge in [0.05, 0.1) is 25.0 Å². The highest BCUT2D eigenvalue weighted by Gasteiger charge is 2.20. The number of hydrogen-bond donors (Lipinski definition) is 0. The van der Waals surface area contributed by atoms with Crippen LogP contribution in [0.5, 0.6) is 5.75 Å². The van der Waals surface area contributed by atoms with Crippen LogP contribution in [0, 0.1) is 12.8 Å². The van der Waals surface area contributed by atoms with Gasteiger partial charge in [0.25, 0.3) is 0 Å². The van der Waals surface area contributed by atoms with Gasteiger partial charge in [0.15, 0.2) is 5.82 Å². The molecule has 2 heterocycles. The fraction of sp³-hybridized carbons (Fsp3) is 0.476. The molecule has 0 saturated carbocycles. The van der Waals surface area contributed by atoms with Gasteiger partial charge in [-0.05, 0) is 74.9 Å². The van der Waals surface area contributed by atoms with Gasteiger partial charge in [-0.2, -0.15) is 5.10 Å². The van der Waals surface area contributed by atoms with Gasteiger partial charge >= 0.3 is 5.97 Å². The van der Waals surface area contributed by atoms with E-state index < -0.39 is 0 Å². The second-order valence-electron chi connectivity index (χ2n) is 6.97. The Hall–Kier alpha value is -2.63. The zero-order chi connectivity index (χ0) is 19.1. The molecule has 1 aromatic carbocycles. The van der Waals surface area contributed by atoms with Gasteiger partial charge in [-0.25, -0.2) is 4.79 Å². The van der Waals surface area contributed by atoms with Crippen molar-refractivity contribution in [3.63, 3.8) is 0 Å². The molecule has 0 N–H and O–H groups in total. The number of carbonyl (C=O) groups excluding carboxylic acids is 1. The number of ether oxygens (including phenoxy) is 2. The van der Waals surface area contributed by atoms with Crippen molar-refractivity contribution in [2.75, 3.05) is 31.7 Å². The van der Waals surface area contributed by atoms with Crippen LogP contribution in [0.3, 0.4) is 0 Å². The molecule has 1 aliphatic heterocycles. The van der Waals surface area contributed by atoms with Gasteiger partial charge in [-0.3, -0.25) is 0 Å². The average Bonchev–Trinajstić information content (AvgIpc) is 2.72. The molecule has 0 atom stereocenters. The van der Waals surface area contributed by atoms with E-state index in [1.54, 1.807) is 12.1 Å². The van der Waals surface area contributed by atoms with Gasteiger partial charge in [0, 0.05) is 13.1 Å². The van der Waals surface area contributed by atoms with Crippen molar-refractivity contribution in [1.29, 1.82) is 0 Å². The first-order valence-corrected chi connectivity index (χ1v) is 9.52. The van der Waals surface area contributed by atoms with Crippen molar-refractivity contribution in [3.05, 3.63) is 47.7 Å². The van der Waals surface area contributed by atoms with Gasteiger partial charge in [0.1, 0.15) is 5.75 Å². The van der Waals surface area contributed by atoms with E-state index in [4.69, 9.17) is 9.47 Å². The molecule has 6 nitrogen and oxygen atoms in total. The molecule has 0 amide bonds. The number of methoxy groups -OCH3 is 1. The van der Waals surface area contributed by atoms with Gasteiger partial charge in [0.2, 0.25) is 0 Å². The third-order valence-corrected chi connectivity index (χ3v) is 5.02. The Morgan fingerprint density at radius 3 is 2.48 bits per heavy atom. The second-order valence-corrected chi connectivity index (χ2v) is 6.97. The summed E-state index contributed by atoms with van der Waals surface area (Å²) >= 11 is 0. The Kier molecular flexibility index (Phi) is 6.63. The van der Waals surface area contributed by atoms with Crippen LogP contribution in [0.1, 0.15) is 41.7 Å². The van der Waals surface area contributed by atoms with Crippen LogP contribution in [-0.2, 0) is 4.74 Å². The highest BCUT2D eigenvalue weighted by Crippen LogP contribution is 2.25. The summed E-state index contributed by atoms with van der Waals surface area (Å²) in [7, 11) is 1.38. The fourth-order valence-corrected chi connectivity index (χ4v) is 3.38. The number of benzene rings is 1. The van der Waals surface area contributed by atoms with Crippen LogP contribution in [0.4, 0.5) is 5.82 Å². The minimum Gasteiger partial charge on any atom is -0.494 e. The second kappa shape index (κ2) is 9.35. The number of nitrogens with zero attached hydrogens (tertiary/aromatic N) is 3. The number of rotatable bonds is 7. The van der Waals surface area contributed by atoms with Crippen molar-refractivity contribution in [2.45, 2.75) is 32.6 Å².